The summed E-state index contributed by atoms with van der Waals surface area (Å²) < 4.78 is 0. The third kappa shape index (κ3) is 6.84. The Hall–Kier alpha value is -4.35. The Morgan fingerprint density at radius 3 is 2.28 bits per heavy atom. The van der Waals surface area contributed by atoms with Gasteiger partial charge in [0.05, 0.1) is 22.4 Å². The fourth-order valence-corrected chi connectivity index (χ4v) is 6.13. The van der Waals surface area contributed by atoms with Crippen molar-refractivity contribution in [2.75, 3.05) is 13.1 Å². The Bertz CT molecular complexity index is 1760. The summed E-state index contributed by atoms with van der Waals surface area (Å²) in [6, 6.07) is 32.1. The van der Waals surface area contributed by atoms with E-state index in [4.69, 9.17) is 21.6 Å². The number of likely N-dealkylation sites (tertiary alicyclic amines) is 1. The van der Waals surface area contributed by atoms with E-state index in [1.165, 1.54) is 5.56 Å². The van der Waals surface area contributed by atoms with Gasteiger partial charge in [-0.05, 0) is 85.5 Å². The summed E-state index contributed by atoms with van der Waals surface area (Å²) in [4.78, 5) is 37.3. The molecular formula is C37H34ClN3O2. The maximum absolute atomic E-state index is 13.6. The highest BCUT2D eigenvalue weighted by atomic mass is 35.5. The molecule has 0 bridgehead atoms. The molecule has 6 heteroatoms. The number of aryl methyl sites for hydroxylation is 2. The molecule has 0 atom stereocenters. The van der Waals surface area contributed by atoms with Crippen molar-refractivity contribution in [3.05, 3.63) is 130 Å². The molecule has 0 unspecified atom stereocenters. The van der Waals surface area contributed by atoms with Crippen LogP contribution in [-0.4, -0.2) is 39.6 Å². The smallest absolute Gasteiger partial charge is 0.253 e. The number of benzene rings is 4. The number of nitrogens with zero attached hydrogens (tertiary/aromatic N) is 3. The molecule has 1 amide bonds. The molecule has 216 valence electrons. The van der Waals surface area contributed by atoms with E-state index in [9.17, 15) is 9.59 Å². The quantitative estimate of drug-likeness (QED) is 0.185. The van der Waals surface area contributed by atoms with Crippen LogP contribution in [0.1, 0.15) is 58.4 Å². The topological polar surface area (TPSA) is 63.2 Å². The third-order valence-corrected chi connectivity index (χ3v) is 8.50. The molecule has 5 aromatic rings. The van der Waals surface area contributed by atoms with Crippen LogP contribution in [0.5, 0.6) is 0 Å². The molecule has 2 heterocycles. The number of ketones is 1. The number of amides is 1. The van der Waals surface area contributed by atoms with E-state index in [0.29, 0.717) is 34.9 Å². The number of hydrogen-bond acceptors (Lipinski definition) is 4. The number of fused-ring (bicyclic) bond motifs is 1. The number of aromatic nitrogens is 2. The van der Waals surface area contributed by atoms with Gasteiger partial charge in [-0.1, -0.05) is 78.3 Å². The molecule has 4 aromatic carbocycles. The van der Waals surface area contributed by atoms with E-state index in [1.54, 1.807) is 6.92 Å². The van der Waals surface area contributed by atoms with E-state index in [-0.39, 0.29) is 11.7 Å². The van der Waals surface area contributed by atoms with Gasteiger partial charge in [0.2, 0.25) is 0 Å². The van der Waals surface area contributed by atoms with Gasteiger partial charge in [-0.3, -0.25) is 9.59 Å². The first-order valence-electron chi connectivity index (χ1n) is 14.9. The van der Waals surface area contributed by atoms with Gasteiger partial charge in [0, 0.05) is 35.7 Å². The highest BCUT2D eigenvalue weighted by Gasteiger charge is 2.25. The van der Waals surface area contributed by atoms with Crippen molar-refractivity contribution in [3.8, 4) is 11.3 Å². The van der Waals surface area contributed by atoms with E-state index in [1.807, 2.05) is 65.6 Å². The number of carbonyl (C=O) groups is 2. The van der Waals surface area contributed by atoms with Crippen molar-refractivity contribution in [3.63, 3.8) is 0 Å². The molecular weight excluding hydrogens is 554 g/mol. The SMILES string of the molecule is CC(=O)Cc1cccc(CCc2nc3cc(C(=O)N4CCC(c5ccccc5)CC4)ccc3nc2-c2ccc(Cl)cc2)c1. The normalized spacial score (nSPS) is 13.8. The molecule has 1 aliphatic rings. The minimum atomic E-state index is 0.0424. The maximum Gasteiger partial charge on any atom is 0.253 e. The largest absolute Gasteiger partial charge is 0.339 e. The molecule has 0 spiro atoms. The lowest BCUT2D eigenvalue weighted by Gasteiger charge is -2.32. The first-order valence-corrected chi connectivity index (χ1v) is 15.3. The van der Waals surface area contributed by atoms with Gasteiger partial charge >= 0.3 is 0 Å². The van der Waals surface area contributed by atoms with Crippen LogP contribution in [0, 0.1) is 0 Å². The van der Waals surface area contributed by atoms with Crippen LogP contribution in [0.4, 0.5) is 0 Å². The molecule has 1 aliphatic heterocycles. The van der Waals surface area contributed by atoms with Gasteiger partial charge in [0.25, 0.3) is 5.91 Å². The second-order valence-electron chi connectivity index (χ2n) is 11.4. The maximum atomic E-state index is 13.6. The zero-order valence-corrected chi connectivity index (χ0v) is 25.1. The highest BCUT2D eigenvalue weighted by molar-refractivity contribution is 6.30. The van der Waals surface area contributed by atoms with Crippen molar-refractivity contribution < 1.29 is 9.59 Å². The van der Waals surface area contributed by atoms with Gasteiger partial charge < -0.3 is 4.90 Å². The fourth-order valence-electron chi connectivity index (χ4n) is 6.01. The van der Waals surface area contributed by atoms with Crippen LogP contribution in [0.3, 0.4) is 0 Å². The van der Waals surface area contributed by atoms with Gasteiger partial charge in [-0.15, -0.1) is 0 Å². The van der Waals surface area contributed by atoms with Crippen LogP contribution in [0.2, 0.25) is 5.02 Å². The second-order valence-corrected chi connectivity index (χ2v) is 11.8. The predicted molar refractivity (Wildman–Crippen MR) is 173 cm³/mol. The standard InChI is InChI=1S/C37H34ClN3O2/c1-25(42)22-27-7-5-6-26(23-27)10-16-34-36(30-11-14-32(38)15-12-30)40-33-17-13-31(24-35(33)39-34)37(43)41-20-18-29(19-21-41)28-8-3-2-4-9-28/h2-9,11-15,17,23-24,29H,10,16,18-22H2,1H3. The second kappa shape index (κ2) is 12.9. The van der Waals surface area contributed by atoms with Crippen molar-refractivity contribution in [1.82, 2.24) is 14.9 Å². The number of hydrogen-bond donors (Lipinski definition) is 0. The molecule has 43 heavy (non-hydrogen) atoms. The fraction of sp³-hybridized carbons (Fsp3) is 0.243. The van der Waals surface area contributed by atoms with Crippen LogP contribution >= 0.6 is 11.6 Å². The van der Waals surface area contributed by atoms with Crippen LogP contribution in [-0.2, 0) is 24.1 Å². The molecule has 6 rings (SSSR count). The number of Topliss-reactive ketones (excluding diaryl/α,β-unsaturated/α-hetero) is 1. The Balaban J connectivity index is 1.26. The van der Waals surface area contributed by atoms with E-state index >= 15 is 0 Å². The van der Waals surface area contributed by atoms with Crippen molar-refractivity contribution in [2.24, 2.45) is 0 Å². The number of piperidine rings is 1. The Morgan fingerprint density at radius 2 is 1.53 bits per heavy atom. The zero-order chi connectivity index (χ0) is 29.8. The molecule has 0 radical (unpaired) electrons. The average molecular weight is 588 g/mol. The Kier molecular flexibility index (Phi) is 8.62. The van der Waals surface area contributed by atoms with Crippen molar-refractivity contribution in [1.29, 1.82) is 0 Å². The molecule has 1 aromatic heterocycles. The van der Waals surface area contributed by atoms with Crippen LogP contribution in [0.25, 0.3) is 22.3 Å². The summed E-state index contributed by atoms with van der Waals surface area (Å²) in [5, 5.41) is 0.664. The molecule has 0 saturated carbocycles. The first kappa shape index (κ1) is 28.8. The van der Waals surface area contributed by atoms with Crippen molar-refractivity contribution in [2.45, 2.75) is 44.9 Å². The predicted octanol–water partition coefficient (Wildman–Crippen LogP) is 7.89. The minimum Gasteiger partial charge on any atom is -0.339 e. The molecule has 0 N–H and O–H groups in total. The monoisotopic (exact) mass is 587 g/mol. The van der Waals surface area contributed by atoms with Gasteiger partial charge in [-0.25, -0.2) is 9.97 Å². The zero-order valence-electron chi connectivity index (χ0n) is 24.3. The van der Waals surface area contributed by atoms with E-state index in [2.05, 4.69) is 36.4 Å². The summed E-state index contributed by atoms with van der Waals surface area (Å²) in [6.45, 7) is 3.10. The molecule has 1 fully saturated rings. The Morgan fingerprint density at radius 1 is 0.791 bits per heavy atom. The summed E-state index contributed by atoms with van der Waals surface area (Å²) >= 11 is 6.18. The lowest BCUT2D eigenvalue weighted by Crippen LogP contribution is -2.37. The summed E-state index contributed by atoms with van der Waals surface area (Å²) in [6.07, 6.45) is 3.77. The van der Waals surface area contributed by atoms with Gasteiger partial charge in [0.1, 0.15) is 5.78 Å². The lowest BCUT2D eigenvalue weighted by molar-refractivity contribution is -0.116. The average Bonchev–Trinajstić information content (AvgIpc) is 3.03. The highest BCUT2D eigenvalue weighted by Crippen LogP contribution is 2.30. The molecule has 1 saturated heterocycles. The minimum absolute atomic E-state index is 0.0424. The van der Waals surface area contributed by atoms with Crippen molar-refractivity contribution >= 4 is 34.3 Å². The first-order chi connectivity index (χ1) is 20.9. The summed E-state index contributed by atoms with van der Waals surface area (Å²) in [5.41, 5.74) is 8.23. The third-order valence-electron chi connectivity index (χ3n) is 8.25. The lowest BCUT2D eigenvalue weighted by atomic mass is 9.89. The van der Waals surface area contributed by atoms with E-state index < -0.39 is 0 Å². The number of rotatable bonds is 8. The van der Waals surface area contributed by atoms with Gasteiger partial charge in [0.15, 0.2) is 0 Å². The number of halogens is 1. The van der Waals surface area contributed by atoms with Crippen LogP contribution < -0.4 is 0 Å². The van der Waals surface area contributed by atoms with E-state index in [0.717, 1.165) is 65.9 Å². The summed E-state index contributed by atoms with van der Waals surface area (Å²) in [7, 11) is 0. The van der Waals surface area contributed by atoms with Crippen LogP contribution in [0.15, 0.2) is 97.1 Å². The molecule has 0 aliphatic carbocycles. The number of carbonyl (C=O) groups excluding carboxylic acids is 2. The molecule has 5 nitrogen and oxygen atoms in total. The Labute approximate surface area is 257 Å². The summed E-state index contributed by atoms with van der Waals surface area (Å²) in [5.74, 6) is 0.680. The van der Waals surface area contributed by atoms with Gasteiger partial charge in [-0.2, -0.15) is 0 Å².